The van der Waals surface area contributed by atoms with Crippen molar-refractivity contribution in [2.45, 2.75) is 6.54 Å². The summed E-state index contributed by atoms with van der Waals surface area (Å²) in [7, 11) is 3.64. The first-order valence-corrected chi connectivity index (χ1v) is 6.16. The maximum atomic E-state index is 5.65. The van der Waals surface area contributed by atoms with E-state index in [2.05, 4.69) is 11.1 Å². The van der Waals surface area contributed by atoms with Gasteiger partial charge in [-0.25, -0.2) is 9.13 Å². The third-order valence-corrected chi connectivity index (χ3v) is 2.86. The van der Waals surface area contributed by atoms with E-state index >= 15 is 0 Å². The van der Waals surface area contributed by atoms with Crippen molar-refractivity contribution in [3.63, 3.8) is 0 Å². The number of hydrogen-bond donors (Lipinski definition) is 0. The number of nitrogens with zero attached hydrogens (tertiary/aromatic N) is 2. The summed E-state index contributed by atoms with van der Waals surface area (Å²) >= 11 is 0. The molecule has 0 aliphatic carbocycles. The molecule has 0 amide bonds. The molecule has 1 aromatic carbocycles. The van der Waals surface area contributed by atoms with E-state index in [0.717, 1.165) is 17.9 Å². The van der Waals surface area contributed by atoms with Crippen molar-refractivity contribution in [3.8, 4) is 5.75 Å². The minimum absolute atomic E-state index is 0.597. The maximum Gasteiger partial charge on any atom is 0.243 e. The molecule has 0 unspecified atom stereocenters. The Balaban J connectivity index is 1.83. The molecule has 2 rings (SSSR count). The molecule has 0 saturated heterocycles. The van der Waals surface area contributed by atoms with Crippen molar-refractivity contribution in [3.05, 3.63) is 55.1 Å². The standard InChI is InChI=1S/C15H19N2O2/c1-13(14-4-6-15(18-3)7-5-14)19-11-10-17-9-8-16(2)12-17/h4-9,12H,1,10-11H2,2-3H3/q+1. The molecule has 4 heteroatoms. The van der Waals surface area contributed by atoms with Gasteiger partial charge in [0.1, 0.15) is 37.1 Å². The summed E-state index contributed by atoms with van der Waals surface area (Å²) in [6.07, 6.45) is 6.03. The highest BCUT2D eigenvalue weighted by atomic mass is 16.5. The number of hydrogen-bond acceptors (Lipinski definition) is 2. The van der Waals surface area contributed by atoms with Gasteiger partial charge in [0.2, 0.25) is 6.33 Å². The fourth-order valence-electron chi connectivity index (χ4n) is 1.77. The van der Waals surface area contributed by atoms with Crippen LogP contribution in [0.1, 0.15) is 5.56 Å². The molecular weight excluding hydrogens is 240 g/mol. The van der Waals surface area contributed by atoms with E-state index in [9.17, 15) is 0 Å². The van der Waals surface area contributed by atoms with Crippen LogP contribution in [-0.4, -0.2) is 18.3 Å². The van der Waals surface area contributed by atoms with Gasteiger partial charge in [-0.15, -0.1) is 0 Å². The zero-order chi connectivity index (χ0) is 13.7. The highest BCUT2D eigenvalue weighted by molar-refractivity contribution is 5.58. The molecular formula is C15H19N2O2+. The molecule has 0 fully saturated rings. The summed E-state index contributed by atoms with van der Waals surface area (Å²) in [5.41, 5.74) is 0.971. The smallest absolute Gasteiger partial charge is 0.243 e. The quantitative estimate of drug-likeness (QED) is 0.586. The van der Waals surface area contributed by atoms with Gasteiger partial charge in [-0.1, -0.05) is 6.58 Å². The second kappa shape index (κ2) is 6.09. The van der Waals surface area contributed by atoms with Crippen LogP contribution in [0.15, 0.2) is 49.6 Å². The lowest BCUT2D eigenvalue weighted by Crippen LogP contribution is -2.24. The Morgan fingerprint density at radius 1 is 1.32 bits per heavy atom. The first-order chi connectivity index (χ1) is 9.19. The molecule has 0 spiro atoms. The molecule has 0 radical (unpaired) electrons. The van der Waals surface area contributed by atoms with Crippen molar-refractivity contribution in [1.82, 2.24) is 4.57 Å². The lowest BCUT2D eigenvalue weighted by atomic mass is 10.2. The number of aryl methyl sites for hydroxylation is 1. The minimum Gasteiger partial charge on any atom is -0.497 e. The van der Waals surface area contributed by atoms with Crippen LogP contribution in [0.25, 0.3) is 5.76 Å². The third-order valence-electron chi connectivity index (χ3n) is 2.86. The summed E-state index contributed by atoms with van der Waals surface area (Å²) < 4.78 is 14.8. The van der Waals surface area contributed by atoms with Crippen LogP contribution in [0.3, 0.4) is 0 Å². The van der Waals surface area contributed by atoms with Gasteiger partial charge in [0.15, 0.2) is 0 Å². The summed E-state index contributed by atoms with van der Waals surface area (Å²) in [6, 6.07) is 7.68. The Labute approximate surface area is 113 Å². The van der Waals surface area contributed by atoms with Gasteiger partial charge in [0.05, 0.1) is 14.2 Å². The molecule has 0 bridgehead atoms. The van der Waals surface area contributed by atoms with Crippen LogP contribution >= 0.6 is 0 Å². The Kier molecular flexibility index (Phi) is 4.23. The zero-order valence-corrected chi connectivity index (χ0v) is 11.4. The lowest BCUT2D eigenvalue weighted by Gasteiger charge is -2.08. The molecule has 0 N–H and O–H groups in total. The Morgan fingerprint density at radius 3 is 2.63 bits per heavy atom. The molecule has 1 heterocycles. The molecule has 2 aromatic rings. The molecule has 0 aliphatic rings. The Hall–Kier alpha value is -2.23. The second-order valence-corrected chi connectivity index (χ2v) is 4.32. The number of benzene rings is 1. The van der Waals surface area contributed by atoms with Gasteiger partial charge in [-0.3, -0.25) is 0 Å². The maximum absolute atomic E-state index is 5.65. The normalized spacial score (nSPS) is 10.2. The van der Waals surface area contributed by atoms with Crippen LogP contribution in [-0.2, 0) is 18.3 Å². The van der Waals surface area contributed by atoms with Gasteiger partial charge < -0.3 is 9.47 Å². The van der Waals surface area contributed by atoms with Crippen molar-refractivity contribution >= 4 is 5.76 Å². The van der Waals surface area contributed by atoms with E-state index in [-0.39, 0.29) is 0 Å². The molecule has 100 valence electrons. The molecule has 19 heavy (non-hydrogen) atoms. The number of imidazole rings is 1. The molecule has 4 nitrogen and oxygen atoms in total. The van der Waals surface area contributed by atoms with E-state index in [1.165, 1.54) is 0 Å². The van der Waals surface area contributed by atoms with Crippen molar-refractivity contribution in [2.24, 2.45) is 7.05 Å². The summed E-state index contributed by atoms with van der Waals surface area (Å²) in [5.74, 6) is 1.51. The topological polar surface area (TPSA) is 27.3 Å². The van der Waals surface area contributed by atoms with Gasteiger partial charge >= 0.3 is 0 Å². The Bertz CT molecular complexity index is 544. The first-order valence-electron chi connectivity index (χ1n) is 6.16. The average molecular weight is 259 g/mol. The number of ether oxygens (including phenoxy) is 2. The van der Waals surface area contributed by atoms with Gasteiger partial charge in [-0.2, -0.15) is 0 Å². The lowest BCUT2D eigenvalue weighted by molar-refractivity contribution is -0.671. The van der Waals surface area contributed by atoms with E-state index < -0.39 is 0 Å². The average Bonchev–Trinajstić information content (AvgIpc) is 2.84. The zero-order valence-electron chi connectivity index (χ0n) is 11.4. The monoisotopic (exact) mass is 259 g/mol. The fraction of sp³-hybridized carbons (Fsp3) is 0.267. The molecule has 0 saturated carbocycles. The fourth-order valence-corrected chi connectivity index (χ4v) is 1.77. The van der Waals surface area contributed by atoms with Crippen LogP contribution in [0.4, 0.5) is 0 Å². The highest BCUT2D eigenvalue weighted by Gasteiger charge is 2.03. The Morgan fingerprint density at radius 2 is 2.05 bits per heavy atom. The van der Waals surface area contributed by atoms with E-state index in [1.807, 2.05) is 54.6 Å². The molecule has 1 aromatic heterocycles. The summed E-state index contributed by atoms with van der Waals surface area (Å²) in [6.45, 7) is 5.34. The highest BCUT2D eigenvalue weighted by Crippen LogP contribution is 2.18. The van der Waals surface area contributed by atoms with E-state index in [0.29, 0.717) is 12.4 Å². The summed E-state index contributed by atoms with van der Waals surface area (Å²) in [5, 5.41) is 0. The number of rotatable bonds is 6. The van der Waals surface area contributed by atoms with Crippen molar-refractivity contribution in [2.75, 3.05) is 13.7 Å². The SMILES string of the molecule is C=C(OCCn1cc[n+](C)c1)c1ccc(OC)cc1. The number of aromatic nitrogens is 2. The van der Waals surface area contributed by atoms with E-state index in [4.69, 9.17) is 9.47 Å². The van der Waals surface area contributed by atoms with Gasteiger partial charge in [0, 0.05) is 5.56 Å². The predicted octanol–water partition coefficient (Wildman–Crippen LogP) is 2.01. The van der Waals surface area contributed by atoms with Crippen LogP contribution in [0.2, 0.25) is 0 Å². The molecule has 0 aliphatic heterocycles. The second-order valence-electron chi connectivity index (χ2n) is 4.32. The van der Waals surface area contributed by atoms with Crippen LogP contribution < -0.4 is 9.30 Å². The summed E-state index contributed by atoms with van der Waals surface area (Å²) in [4.78, 5) is 0. The van der Waals surface area contributed by atoms with Crippen molar-refractivity contribution in [1.29, 1.82) is 0 Å². The largest absolute Gasteiger partial charge is 0.497 e. The third kappa shape index (κ3) is 3.61. The van der Waals surface area contributed by atoms with Gasteiger partial charge in [-0.05, 0) is 24.3 Å². The van der Waals surface area contributed by atoms with Gasteiger partial charge in [0.25, 0.3) is 0 Å². The minimum atomic E-state index is 0.597. The van der Waals surface area contributed by atoms with Crippen molar-refractivity contribution < 1.29 is 14.0 Å². The van der Waals surface area contributed by atoms with Crippen LogP contribution in [0, 0.1) is 0 Å². The number of methoxy groups -OCH3 is 1. The molecule has 0 atom stereocenters. The van der Waals surface area contributed by atoms with Crippen LogP contribution in [0.5, 0.6) is 5.75 Å². The predicted molar refractivity (Wildman–Crippen MR) is 73.6 cm³/mol. The first kappa shape index (κ1) is 13.2. The van der Waals surface area contributed by atoms with E-state index in [1.54, 1.807) is 7.11 Å².